The number of hydrogen-bond donors (Lipinski definition) is 2. The van der Waals surface area contributed by atoms with Gasteiger partial charge in [-0.2, -0.15) is 0 Å². The molecular formula is C23H33IN6O2. The van der Waals surface area contributed by atoms with Crippen LogP contribution < -0.4 is 20.3 Å². The molecule has 1 saturated heterocycles. The Morgan fingerprint density at radius 3 is 2.56 bits per heavy atom. The Labute approximate surface area is 207 Å². The summed E-state index contributed by atoms with van der Waals surface area (Å²) in [6.07, 6.45) is 0.311. The molecule has 0 saturated carbocycles. The second-order valence-electron chi connectivity index (χ2n) is 7.34. The molecular weight excluding hydrogens is 519 g/mol. The number of para-hydroxylation sites is 2. The number of ether oxygens (including phenoxy) is 1. The first-order valence-corrected chi connectivity index (χ1v) is 10.8. The van der Waals surface area contributed by atoms with Gasteiger partial charge in [-0.05, 0) is 38.1 Å². The maximum Gasteiger partial charge on any atom is 0.227 e. The quantitative estimate of drug-likeness (QED) is 0.312. The zero-order valence-corrected chi connectivity index (χ0v) is 21.3. The van der Waals surface area contributed by atoms with Crippen molar-refractivity contribution in [3.05, 3.63) is 48.2 Å². The standard InChI is InChI=1S/C23H32N6O2.HI/c1-4-24-23(25-13-12-22(30)27-21-11-7-8-18(2)26-21)29-16-14-28(15-17-29)19-9-5-6-10-20(19)31-3;/h5-11H,4,12-17H2,1-3H3,(H,24,25)(H,26,27,30);1H. The third-order valence-electron chi connectivity index (χ3n) is 5.10. The van der Waals surface area contributed by atoms with E-state index in [-0.39, 0.29) is 29.9 Å². The minimum absolute atomic E-state index is 0. The Hall–Kier alpha value is -2.56. The van der Waals surface area contributed by atoms with Gasteiger partial charge in [0.25, 0.3) is 0 Å². The molecule has 0 atom stereocenters. The van der Waals surface area contributed by atoms with Crippen molar-refractivity contribution in [1.82, 2.24) is 15.2 Å². The number of carbonyl (C=O) groups excluding carboxylic acids is 1. The molecule has 0 bridgehead atoms. The number of methoxy groups -OCH3 is 1. The fourth-order valence-electron chi connectivity index (χ4n) is 3.56. The number of nitrogens with zero attached hydrogens (tertiary/aromatic N) is 4. The second kappa shape index (κ2) is 13.1. The van der Waals surface area contributed by atoms with Gasteiger partial charge in [-0.1, -0.05) is 18.2 Å². The molecule has 1 fully saturated rings. The molecule has 0 radical (unpaired) electrons. The van der Waals surface area contributed by atoms with E-state index < -0.39 is 0 Å². The minimum atomic E-state index is -0.0845. The monoisotopic (exact) mass is 552 g/mol. The Bertz CT molecular complexity index is 900. The maximum absolute atomic E-state index is 12.2. The average Bonchev–Trinajstić information content (AvgIpc) is 2.78. The average molecular weight is 552 g/mol. The number of aryl methyl sites for hydroxylation is 1. The van der Waals surface area contributed by atoms with Gasteiger partial charge < -0.3 is 25.2 Å². The van der Waals surface area contributed by atoms with Crippen LogP contribution in [0.3, 0.4) is 0 Å². The molecule has 1 aromatic heterocycles. The zero-order valence-electron chi connectivity index (χ0n) is 19.0. The van der Waals surface area contributed by atoms with Crippen molar-refractivity contribution in [2.75, 3.05) is 56.6 Å². The Morgan fingerprint density at radius 2 is 1.88 bits per heavy atom. The molecule has 2 aromatic rings. The predicted octanol–water partition coefficient (Wildman–Crippen LogP) is 3.13. The summed E-state index contributed by atoms with van der Waals surface area (Å²) in [6.45, 7) is 8.62. The van der Waals surface area contributed by atoms with Crippen LogP contribution in [0.15, 0.2) is 47.5 Å². The van der Waals surface area contributed by atoms with E-state index in [1.54, 1.807) is 13.2 Å². The van der Waals surface area contributed by atoms with Gasteiger partial charge in [0.15, 0.2) is 5.96 Å². The third kappa shape index (κ3) is 7.25. The van der Waals surface area contributed by atoms with Gasteiger partial charge >= 0.3 is 0 Å². The van der Waals surface area contributed by atoms with Gasteiger partial charge in [0.2, 0.25) is 5.91 Å². The third-order valence-corrected chi connectivity index (χ3v) is 5.10. The number of aromatic nitrogens is 1. The van der Waals surface area contributed by atoms with Crippen molar-refractivity contribution in [1.29, 1.82) is 0 Å². The first-order chi connectivity index (χ1) is 15.1. The molecule has 0 aliphatic carbocycles. The van der Waals surface area contributed by atoms with Crippen molar-refractivity contribution in [3.63, 3.8) is 0 Å². The van der Waals surface area contributed by atoms with Crippen LogP contribution in [0.2, 0.25) is 0 Å². The Morgan fingerprint density at radius 1 is 1.12 bits per heavy atom. The number of aliphatic imine (C=N–C) groups is 1. The highest BCUT2D eigenvalue weighted by Crippen LogP contribution is 2.28. The fourth-order valence-corrected chi connectivity index (χ4v) is 3.56. The molecule has 32 heavy (non-hydrogen) atoms. The van der Waals surface area contributed by atoms with Crippen molar-refractivity contribution >= 4 is 47.3 Å². The number of piperazine rings is 1. The predicted molar refractivity (Wildman–Crippen MR) is 140 cm³/mol. The summed E-state index contributed by atoms with van der Waals surface area (Å²) in [5, 5.41) is 6.18. The number of benzene rings is 1. The van der Waals surface area contributed by atoms with Crippen molar-refractivity contribution in [2.24, 2.45) is 4.99 Å². The van der Waals surface area contributed by atoms with E-state index in [0.29, 0.717) is 18.8 Å². The lowest BCUT2D eigenvalue weighted by atomic mass is 10.2. The Kier molecular flexibility index (Phi) is 10.5. The molecule has 3 rings (SSSR count). The summed E-state index contributed by atoms with van der Waals surface area (Å²) < 4.78 is 5.50. The number of anilines is 2. The van der Waals surface area contributed by atoms with E-state index in [2.05, 4.69) is 43.4 Å². The summed E-state index contributed by atoms with van der Waals surface area (Å²) in [6, 6.07) is 13.7. The molecule has 0 unspecified atom stereocenters. The van der Waals surface area contributed by atoms with Crippen LogP contribution in [0, 0.1) is 6.92 Å². The van der Waals surface area contributed by atoms with E-state index in [0.717, 1.165) is 55.8 Å². The van der Waals surface area contributed by atoms with E-state index in [9.17, 15) is 4.79 Å². The number of hydrogen-bond acceptors (Lipinski definition) is 5. The molecule has 2 N–H and O–H groups in total. The van der Waals surface area contributed by atoms with Crippen LogP contribution in [0.5, 0.6) is 5.75 Å². The normalized spacial score (nSPS) is 13.9. The molecule has 8 nitrogen and oxygen atoms in total. The lowest BCUT2D eigenvalue weighted by Crippen LogP contribution is -2.52. The Balaban J connectivity index is 0.00000363. The van der Waals surface area contributed by atoms with Gasteiger partial charge in [-0.25, -0.2) is 4.98 Å². The van der Waals surface area contributed by atoms with E-state index in [1.807, 2.05) is 37.3 Å². The fraction of sp³-hybridized carbons (Fsp3) is 0.435. The molecule has 1 amide bonds. The van der Waals surface area contributed by atoms with Crippen molar-refractivity contribution in [2.45, 2.75) is 20.3 Å². The topological polar surface area (TPSA) is 82.1 Å². The van der Waals surface area contributed by atoms with Crippen molar-refractivity contribution in [3.8, 4) is 5.75 Å². The molecule has 2 heterocycles. The summed E-state index contributed by atoms with van der Waals surface area (Å²) in [5.41, 5.74) is 1.99. The van der Waals surface area contributed by atoms with Gasteiger partial charge in [0.05, 0.1) is 19.3 Å². The lowest BCUT2D eigenvalue weighted by molar-refractivity contribution is -0.116. The first kappa shape index (κ1) is 25.7. The van der Waals surface area contributed by atoms with Crippen LogP contribution in [0.1, 0.15) is 19.0 Å². The highest BCUT2D eigenvalue weighted by Gasteiger charge is 2.21. The number of pyridine rings is 1. The lowest BCUT2D eigenvalue weighted by Gasteiger charge is -2.38. The molecule has 174 valence electrons. The molecule has 1 aromatic carbocycles. The van der Waals surface area contributed by atoms with Crippen LogP contribution in [-0.4, -0.2) is 68.1 Å². The van der Waals surface area contributed by atoms with E-state index in [4.69, 9.17) is 4.74 Å². The molecule has 1 aliphatic rings. The zero-order chi connectivity index (χ0) is 22.1. The molecule has 9 heteroatoms. The summed E-state index contributed by atoms with van der Waals surface area (Å²) in [5.74, 6) is 2.24. The summed E-state index contributed by atoms with van der Waals surface area (Å²) >= 11 is 0. The number of nitrogens with one attached hydrogen (secondary N) is 2. The van der Waals surface area contributed by atoms with E-state index >= 15 is 0 Å². The van der Waals surface area contributed by atoms with Gasteiger partial charge in [0.1, 0.15) is 11.6 Å². The molecule has 1 aliphatic heterocycles. The highest BCUT2D eigenvalue weighted by molar-refractivity contribution is 14.0. The smallest absolute Gasteiger partial charge is 0.227 e. The largest absolute Gasteiger partial charge is 0.495 e. The molecule has 0 spiro atoms. The van der Waals surface area contributed by atoms with E-state index in [1.165, 1.54) is 0 Å². The van der Waals surface area contributed by atoms with Crippen molar-refractivity contribution < 1.29 is 9.53 Å². The van der Waals surface area contributed by atoms with Gasteiger partial charge in [0, 0.05) is 44.8 Å². The second-order valence-corrected chi connectivity index (χ2v) is 7.34. The number of rotatable bonds is 7. The van der Waals surface area contributed by atoms with Crippen LogP contribution in [-0.2, 0) is 4.79 Å². The maximum atomic E-state index is 12.2. The number of guanidine groups is 1. The minimum Gasteiger partial charge on any atom is -0.495 e. The van der Waals surface area contributed by atoms with Crippen LogP contribution in [0.25, 0.3) is 0 Å². The van der Waals surface area contributed by atoms with Gasteiger partial charge in [-0.15, -0.1) is 24.0 Å². The summed E-state index contributed by atoms with van der Waals surface area (Å²) in [4.78, 5) is 25.8. The number of carbonyl (C=O) groups is 1. The van der Waals surface area contributed by atoms with Gasteiger partial charge in [-0.3, -0.25) is 9.79 Å². The van der Waals surface area contributed by atoms with Crippen LogP contribution >= 0.6 is 24.0 Å². The number of amides is 1. The highest BCUT2D eigenvalue weighted by atomic mass is 127. The number of halogens is 1. The van der Waals surface area contributed by atoms with Crippen LogP contribution in [0.4, 0.5) is 11.5 Å². The first-order valence-electron chi connectivity index (χ1n) is 10.8. The SMILES string of the molecule is CCNC(=NCCC(=O)Nc1cccc(C)n1)N1CCN(c2ccccc2OC)CC1.I. The summed E-state index contributed by atoms with van der Waals surface area (Å²) in [7, 11) is 1.70.